The van der Waals surface area contributed by atoms with Crippen molar-refractivity contribution in [1.82, 2.24) is 5.32 Å². The number of hydrogen-bond acceptors (Lipinski definition) is 2. The molecule has 1 aliphatic heterocycles. The molecule has 0 atom stereocenters. The molecule has 0 bridgehead atoms. The van der Waals surface area contributed by atoms with Crippen LogP contribution in [0.3, 0.4) is 0 Å². The van der Waals surface area contributed by atoms with Crippen LogP contribution in [-0.2, 0) is 6.54 Å². The van der Waals surface area contributed by atoms with E-state index >= 15 is 0 Å². The Hall–Kier alpha value is -1.09. The molecule has 0 amide bonds. The highest BCUT2D eigenvalue weighted by Crippen LogP contribution is 2.37. The highest BCUT2D eigenvalue weighted by molar-refractivity contribution is 5.57. The Balaban J connectivity index is 2.43. The van der Waals surface area contributed by atoms with E-state index in [0.29, 0.717) is 6.54 Å². The lowest BCUT2D eigenvalue weighted by Crippen LogP contribution is -2.39. The summed E-state index contributed by atoms with van der Waals surface area (Å²) in [5, 5.41) is 3.11. The van der Waals surface area contributed by atoms with Gasteiger partial charge < -0.3 is 10.2 Å². The maximum Gasteiger partial charge on any atom is 0.146 e. The molecule has 1 N–H and O–H groups in total. The number of anilines is 1. The summed E-state index contributed by atoms with van der Waals surface area (Å²) in [5.41, 5.74) is 1.89. The second kappa shape index (κ2) is 4.65. The summed E-state index contributed by atoms with van der Waals surface area (Å²) in [7, 11) is 1.89. The van der Waals surface area contributed by atoms with Gasteiger partial charge >= 0.3 is 0 Å². The minimum absolute atomic E-state index is 0.0602. The van der Waals surface area contributed by atoms with Crippen molar-refractivity contribution in [2.45, 2.75) is 38.8 Å². The largest absolute Gasteiger partial charge is 0.364 e. The number of rotatable bonds is 3. The summed E-state index contributed by atoms with van der Waals surface area (Å²) in [5.74, 6) is -0.104. The first-order valence-corrected chi connectivity index (χ1v) is 6.26. The van der Waals surface area contributed by atoms with Gasteiger partial charge in [0.2, 0.25) is 0 Å². The van der Waals surface area contributed by atoms with Gasteiger partial charge in [0, 0.05) is 18.6 Å². The normalized spacial score (nSPS) is 18.7. The molecular formula is C14H21FN2. The van der Waals surface area contributed by atoms with Crippen molar-refractivity contribution in [2.75, 3.05) is 18.5 Å². The molecule has 17 heavy (non-hydrogen) atoms. The van der Waals surface area contributed by atoms with Crippen LogP contribution in [-0.4, -0.2) is 19.1 Å². The second-order valence-electron chi connectivity index (χ2n) is 5.35. The lowest BCUT2D eigenvalue weighted by atomic mass is 10.0. The average molecular weight is 236 g/mol. The zero-order valence-electron chi connectivity index (χ0n) is 10.9. The highest BCUT2D eigenvalue weighted by atomic mass is 19.1. The summed E-state index contributed by atoms with van der Waals surface area (Å²) < 4.78 is 14.1. The Morgan fingerprint density at radius 3 is 2.76 bits per heavy atom. The fourth-order valence-electron chi connectivity index (χ4n) is 2.72. The topological polar surface area (TPSA) is 15.3 Å². The number of halogens is 1. The van der Waals surface area contributed by atoms with Crippen molar-refractivity contribution in [3.05, 3.63) is 29.6 Å². The van der Waals surface area contributed by atoms with E-state index in [0.717, 1.165) is 30.6 Å². The first-order chi connectivity index (χ1) is 8.06. The van der Waals surface area contributed by atoms with Crippen LogP contribution < -0.4 is 10.2 Å². The van der Waals surface area contributed by atoms with Gasteiger partial charge in [0.1, 0.15) is 5.82 Å². The van der Waals surface area contributed by atoms with Gasteiger partial charge in [0.05, 0.1) is 5.69 Å². The molecule has 1 fully saturated rings. The molecule has 94 valence electrons. The lowest BCUT2D eigenvalue weighted by molar-refractivity contribution is 0.504. The quantitative estimate of drug-likeness (QED) is 0.868. The van der Waals surface area contributed by atoms with Gasteiger partial charge in [-0.1, -0.05) is 12.1 Å². The SMILES string of the molecule is CNCc1cccc(F)c1N1CCCC1(C)C. The van der Waals surface area contributed by atoms with Crippen LogP contribution in [0.5, 0.6) is 0 Å². The van der Waals surface area contributed by atoms with E-state index in [1.165, 1.54) is 0 Å². The van der Waals surface area contributed by atoms with Gasteiger partial charge in [-0.15, -0.1) is 0 Å². The molecule has 1 aromatic carbocycles. The first-order valence-electron chi connectivity index (χ1n) is 6.26. The van der Waals surface area contributed by atoms with E-state index in [-0.39, 0.29) is 11.4 Å². The van der Waals surface area contributed by atoms with E-state index in [4.69, 9.17) is 0 Å². The molecule has 0 unspecified atom stereocenters. The maximum atomic E-state index is 14.1. The summed E-state index contributed by atoms with van der Waals surface area (Å²) in [4.78, 5) is 2.22. The molecule has 3 heteroatoms. The average Bonchev–Trinajstić information content (AvgIpc) is 2.59. The minimum Gasteiger partial charge on any atom is -0.364 e. The second-order valence-corrected chi connectivity index (χ2v) is 5.35. The van der Waals surface area contributed by atoms with Gasteiger partial charge in [-0.3, -0.25) is 0 Å². The number of nitrogens with one attached hydrogen (secondary N) is 1. The molecule has 1 aromatic rings. The Labute approximate surface area is 103 Å². The molecule has 0 spiro atoms. The zero-order chi connectivity index (χ0) is 12.5. The van der Waals surface area contributed by atoms with Crippen molar-refractivity contribution in [3.8, 4) is 0 Å². The van der Waals surface area contributed by atoms with Gasteiger partial charge in [-0.2, -0.15) is 0 Å². The molecule has 1 aliphatic rings. The molecular weight excluding hydrogens is 215 g/mol. The van der Waals surface area contributed by atoms with Gasteiger partial charge in [0.25, 0.3) is 0 Å². The number of benzene rings is 1. The lowest BCUT2D eigenvalue weighted by Gasteiger charge is -2.35. The first kappa shape index (κ1) is 12.4. The van der Waals surface area contributed by atoms with Crippen LogP contribution in [0.15, 0.2) is 18.2 Å². The third kappa shape index (κ3) is 2.29. The summed E-state index contributed by atoms with van der Waals surface area (Å²) in [6.07, 6.45) is 2.26. The summed E-state index contributed by atoms with van der Waals surface area (Å²) in [6, 6.07) is 5.35. The molecule has 0 aliphatic carbocycles. The smallest absolute Gasteiger partial charge is 0.146 e. The Morgan fingerprint density at radius 1 is 1.41 bits per heavy atom. The third-order valence-electron chi connectivity index (χ3n) is 3.61. The number of hydrogen-bond donors (Lipinski definition) is 1. The van der Waals surface area contributed by atoms with Crippen molar-refractivity contribution in [2.24, 2.45) is 0 Å². The monoisotopic (exact) mass is 236 g/mol. The molecule has 1 saturated heterocycles. The predicted molar refractivity (Wildman–Crippen MR) is 69.8 cm³/mol. The van der Waals surface area contributed by atoms with E-state index in [1.807, 2.05) is 13.1 Å². The number of nitrogens with zero attached hydrogens (tertiary/aromatic N) is 1. The van der Waals surface area contributed by atoms with Gasteiger partial charge in [0.15, 0.2) is 0 Å². The van der Waals surface area contributed by atoms with Gasteiger partial charge in [-0.05, 0) is 45.4 Å². The summed E-state index contributed by atoms with van der Waals surface area (Å²) in [6.45, 7) is 6.04. The minimum atomic E-state index is -0.104. The van der Waals surface area contributed by atoms with E-state index < -0.39 is 0 Å². The number of para-hydroxylation sites is 1. The zero-order valence-corrected chi connectivity index (χ0v) is 10.9. The van der Waals surface area contributed by atoms with Crippen LogP contribution in [0.2, 0.25) is 0 Å². The molecule has 0 radical (unpaired) electrons. The summed E-state index contributed by atoms with van der Waals surface area (Å²) >= 11 is 0. The predicted octanol–water partition coefficient (Wildman–Crippen LogP) is 2.92. The Bertz CT molecular complexity index is 401. The molecule has 0 saturated carbocycles. The van der Waals surface area contributed by atoms with E-state index in [2.05, 4.69) is 24.1 Å². The molecule has 0 aromatic heterocycles. The van der Waals surface area contributed by atoms with Crippen molar-refractivity contribution in [3.63, 3.8) is 0 Å². The van der Waals surface area contributed by atoms with Crippen LogP contribution in [0, 0.1) is 5.82 Å². The fraction of sp³-hybridized carbons (Fsp3) is 0.571. The van der Waals surface area contributed by atoms with Crippen LogP contribution in [0.1, 0.15) is 32.3 Å². The van der Waals surface area contributed by atoms with Crippen molar-refractivity contribution < 1.29 is 4.39 Å². The van der Waals surface area contributed by atoms with Gasteiger partial charge in [-0.25, -0.2) is 4.39 Å². The standard InChI is InChI=1S/C14H21FN2/c1-14(2)8-5-9-17(14)13-11(10-16-3)6-4-7-12(13)15/h4,6-7,16H,5,8-10H2,1-3H3. The van der Waals surface area contributed by atoms with Crippen LogP contribution in [0.4, 0.5) is 10.1 Å². The van der Waals surface area contributed by atoms with E-state index in [1.54, 1.807) is 12.1 Å². The van der Waals surface area contributed by atoms with E-state index in [9.17, 15) is 4.39 Å². The molecule has 2 rings (SSSR count). The Kier molecular flexibility index (Phi) is 3.38. The molecule has 2 nitrogen and oxygen atoms in total. The van der Waals surface area contributed by atoms with Crippen molar-refractivity contribution >= 4 is 5.69 Å². The highest BCUT2D eigenvalue weighted by Gasteiger charge is 2.34. The maximum absolute atomic E-state index is 14.1. The van der Waals surface area contributed by atoms with Crippen molar-refractivity contribution in [1.29, 1.82) is 0 Å². The van der Waals surface area contributed by atoms with Crippen LogP contribution >= 0.6 is 0 Å². The van der Waals surface area contributed by atoms with Crippen LogP contribution in [0.25, 0.3) is 0 Å². The Morgan fingerprint density at radius 2 is 2.18 bits per heavy atom. The molecule has 1 heterocycles. The fourth-order valence-corrected chi connectivity index (χ4v) is 2.72. The third-order valence-corrected chi connectivity index (χ3v) is 3.61.